The molecule has 5 heteroatoms. The molecule has 9 rings (SSSR count). The summed E-state index contributed by atoms with van der Waals surface area (Å²) in [6, 6.07) is 50.5. The standard InChI is InChI=1S/C41H37N2O.C13H12N.Ir/c1-25(2)31-18-13-19-32(26(3)4)40(31)43-36-21-11-10-20-35(36)42-41(43)30-22-34(39-27(5)14-12-15-28(39)6)33-24-37(44-38(33)23-30)29-16-8-7-9-17-29;1-10-3-6-12(7-4-10)13-8-5-11(2)9-14-13;/h7-22,24-26H,1-6H3;3-6,8-9H,1-2H3;/q2*-1;/i;1D3,2D3;. The van der Waals surface area contributed by atoms with E-state index in [0.717, 1.165) is 50.3 Å². The summed E-state index contributed by atoms with van der Waals surface area (Å²) in [5, 5.41) is 1.05. The Hall–Kier alpha value is -5.87. The zero-order chi connectivity index (χ0) is 45.5. The molecule has 0 amide bonds. The fourth-order valence-corrected chi connectivity index (χ4v) is 7.72. The van der Waals surface area contributed by atoms with E-state index in [1.54, 1.807) is 12.1 Å². The molecular weight excluding hydrogens is 899 g/mol. The second kappa shape index (κ2) is 17.5. The van der Waals surface area contributed by atoms with Gasteiger partial charge in [-0.2, -0.15) is 0 Å². The van der Waals surface area contributed by atoms with E-state index in [0.29, 0.717) is 23.1 Å². The molecule has 0 aliphatic rings. The number of para-hydroxylation sites is 3. The Morgan fingerprint density at radius 2 is 1.37 bits per heavy atom. The molecule has 0 aliphatic carbocycles. The van der Waals surface area contributed by atoms with Crippen LogP contribution in [0.25, 0.3) is 72.8 Å². The number of nitrogens with zero attached hydrogens (tertiary/aromatic N) is 3. The number of rotatable bonds is 7. The number of pyridine rings is 1. The number of hydrogen-bond acceptors (Lipinski definition) is 3. The monoisotopic (exact) mass is 954 g/mol. The molecular formula is C54H49IrN3O-2. The summed E-state index contributed by atoms with van der Waals surface area (Å²) >= 11 is 0. The van der Waals surface area contributed by atoms with Crippen LogP contribution in [0.3, 0.4) is 0 Å². The van der Waals surface area contributed by atoms with Gasteiger partial charge in [-0.3, -0.25) is 4.98 Å². The molecule has 0 saturated heterocycles. The molecule has 0 fully saturated rings. The minimum Gasteiger partial charge on any atom is -0.477 e. The maximum atomic E-state index is 7.28. The Morgan fingerprint density at radius 1 is 0.695 bits per heavy atom. The van der Waals surface area contributed by atoms with Gasteiger partial charge in [0.1, 0.15) is 5.76 Å². The fraction of sp³-hybridized carbons (Fsp3) is 0.185. The van der Waals surface area contributed by atoms with Gasteiger partial charge in [-0.05, 0) is 89.8 Å². The second-order valence-corrected chi connectivity index (χ2v) is 15.4. The second-order valence-electron chi connectivity index (χ2n) is 15.4. The first-order chi connectivity index (χ1) is 30.5. The van der Waals surface area contributed by atoms with E-state index in [9.17, 15) is 0 Å². The van der Waals surface area contributed by atoms with Gasteiger partial charge in [0.2, 0.25) is 0 Å². The van der Waals surface area contributed by atoms with E-state index < -0.39 is 13.7 Å². The number of aromatic nitrogens is 3. The van der Waals surface area contributed by atoms with Crippen molar-refractivity contribution in [3.8, 4) is 50.8 Å². The first-order valence-electron chi connectivity index (χ1n) is 22.7. The minimum atomic E-state index is -2.18. The third-order valence-corrected chi connectivity index (χ3v) is 10.6. The molecule has 0 aliphatic heterocycles. The minimum absolute atomic E-state index is 0. The summed E-state index contributed by atoms with van der Waals surface area (Å²) in [6.45, 7) is 9.12. The first-order valence-corrected chi connectivity index (χ1v) is 19.7. The molecule has 1 radical (unpaired) electrons. The summed E-state index contributed by atoms with van der Waals surface area (Å²) in [7, 11) is 0. The van der Waals surface area contributed by atoms with Crippen molar-refractivity contribution in [3.05, 3.63) is 185 Å². The number of fused-ring (bicyclic) bond motifs is 2. The predicted molar refractivity (Wildman–Crippen MR) is 242 cm³/mol. The number of benzene rings is 6. The quantitative estimate of drug-likeness (QED) is 0.150. The molecule has 0 N–H and O–H groups in total. The molecule has 3 aromatic heterocycles. The molecule has 9 aromatic rings. The van der Waals surface area contributed by atoms with Crippen LogP contribution >= 0.6 is 0 Å². The average molecular weight is 954 g/mol. The number of furan rings is 1. The topological polar surface area (TPSA) is 43.9 Å². The number of aryl methyl sites for hydroxylation is 4. The summed E-state index contributed by atoms with van der Waals surface area (Å²) in [6.07, 6.45) is 1.30. The molecule has 59 heavy (non-hydrogen) atoms. The van der Waals surface area contributed by atoms with E-state index in [2.05, 4.69) is 148 Å². The van der Waals surface area contributed by atoms with Crippen LogP contribution in [0.5, 0.6) is 0 Å². The Kier molecular flexibility index (Phi) is 10.1. The van der Waals surface area contributed by atoms with Gasteiger partial charge in [-0.15, -0.1) is 47.0 Å². The molecule has 6 aromatic carbocycles. The molecule has 0 atom stereocenters. The molecule has 0 spiro atoms. The van der Waals surface area contributed by atoms with Gasteiger partial charge >= 0.3 is 0 Å². The van der Waals surface area contributed by atoms with Crippen molar-refractivity contribution >= 4 is 22.0 Å². The zero-order valence-electron chi connectivity index (χ0n) is 40.0. The Labute approximate surface area is 370 Å². The van der Waals surface area contributed by atoms with Crippen molar-refractivity contribution in [1.29, 1.82) is 0 Å². The van der Waals surface area contributed by atoms with E-state index in [4.69, 9.17) is 17.6 Å². The SMILES string of the molecule is Cc1cccc(C)c1-c1cc(-c2nc3ccccc3n2-c2c(C(C)C)cccc2C(C)C)[c-]c2oc(-c3ccccc3)cc12.[2H]C([2H])([2H])c1c[c-]c(-c2ccc(C([2H])([2H])[2H])cn2)cc1.[Ir]. The van der Waals surface area contributed by atoms with Crippen LogP contribution < -0.4 is 0 Å². The van der Waals surface area contributed by atoms with Crippen LogP contribution in [0.2, 0.25) is 0 Å². The molecule has 0 saturated carbocycles. The number of hydrogen-bond donors (Lipinski definition) is 0. The van der Waals surface area contributed by atoms with Gasteiger partial charge in [0.05, 0.1) is 22.4 Å². The van der Waals surface area contributed by atoms with Crippen LogP contribution in [0.15, 0.2) is 144 Å². The largest absolute Gasteiger partial charge is 0.477 e. The van der Waals surface area contributed by atoms with Crippen LogP contribution in [-0.4, -0.2) is 14.5 Å². The van der Waals surface area contributed by atoms with Crippen molar-refractivity contribution in [3.63, 3.8) is 0 Å². The van der Waals surface area contributed by atoms with Gasteiger partial charge < -0.3 is 14.0 Å². The number of imidazole rings is 1. The maximum absolute atomic E-state index is 7.28. The third kappa shape index (κ3) is 8.37. The van der Waals surface area contributed by atoms with Crippen molar-refractivity contribution in [2.75, 3.05) is 0 Å². The van der Waals surface area contributed by atoms with E-state index in [1.165, 1.54) is 57.9 Å². The molecule has 4 nitrogen and oxygen atoms in total. The molecule has 0 bridgehead atoms. The Bertz CT molecular complexity index is 2990. The normalized spacial score (nSPS) is 13.2. The van der Waals surface area contributed by atoms with Crippen molar-refractivity contribution in [2.24, 2.45) is 0 Å². The van der Waals surface area contributed by atoms with Gasteiger partial charge in [0.25, 0.3) is 0 Å². The summed E-state index contributed by atoms with van der Waals surface area (Å²) < 4.78 is 52.6. The van der Waals surface area contributed by atoms with E-state index in [-0.39, 0.29) is 31.2 Å². The van der Waals surface area contributed by atoms with Crippen LogP contribution in [0.4, 0.5) is 0 Å². The molecule has 0 unspecified atom stereocenters. The summed E-state index contributed by atoms with van der Waals surface area (Å²) in [4.78, 5) is 9.38. The van der Waals surface area contributed by atoms with Gasteiger partial charge in [-0.25, -0.2) is 0 Å². The summed E-state index contributed by atoms with van der Waals surface area (Å²) in [5.74, 6) is 2.39. The predicted octanol–water partition coefficient (Wildman–Crippen LogP) is 14.6. The molecule has 297 valence electrons. The van der Waals surface area contributed by atoms with E-state index >= 15 is 0 Å². The fourth-order valence-electron chi connectivity index (χ4n) is 7.72. The smallest absolute Gasteiger partial charge is 0.123 e. The van der Waals surface area contributed by atoms with Crippen molar-refractivity contribution in [2.45, 2.75) is 67.1 Å². The zero-order valence-corrected chi connectivity index (χ0v) is 36.4. The molecule has 3 heterocycles. The van der Waals surface area contributed by atoms with Gasteiger partial charge in [0, 0.05) is 45.8 Å². The Morgan fingerprint density at radius 3 is 2.02 bits per heavy atom. The van der Waals surface area contributed by atoms with Crippen LogP contribution in [0, 0.1) is 39.7 Å². The maximum Gasteiger partial charge on any atom is 0.123 e. The third-order valence-electron chi connectivity index (χ3n) is 10.6. The van der Waals surface area contributed by atoms with Crippen LogP contribution in [-0.2, 0) is 20.1 Å². The van der Waals surface area contributed by atoms with E-state index in [1.807, 2.05) is 18.2 Å². The summed E-state index contributed by atoms with van der Waals surface area (Å²) in [5.41, 5.74) is 14.9. The first kappa shape index (κ1) is 34.0. The average Bonchev–Trinajstić information content (AvgIpc) is 3.88. The van der Waals surface area contributed by atoms with Gasteiger partial charge in [-0.1, -0.05) is 143 Å². The van der Waals surface area contributed by atoms with Gasteiger partial charge in [0.15, 0.2) is 0 Å². The van der Waals surface area contributed by atoms with Crippen molar-refractivity contribution < 1.29 is 32.7 Å². The van der Waals surface area contributed by atoms with Crippen LogP contribution in [0.1, 0.15) is 81.1 Å². The Balaban J connectivity index is 0.000000253. The van der Waals surface area contributed by atoms with Crippen molar-refractivity contribution in [1.82, 2.24) is 14.5 Å².